The largest absolute Gasteiger partial charge is 0.477 e. The molecule has 0 aromatic carbocycles. The van der Waals surface area contributed by atoms with Gasteiger partial charge in [0.15, 0.2) is 0 Å². The highest BCUT2D eigenvalue weighted by molar-refractivity contribution is 6.30. The summed E-state index contributed by atoms with van der Waals surface area (Å²) in [5.41, 5.74) is 1.13. The van der Waals surface area contributed by atoms with E-state index in [0.717, 1.165) is 12.8 Å². The van der Waals surface area contributed by atoms with Crippen molar-refractivity contribution in [3.05, 3.63) is 39.3 Å². The summed E-state index contributed by atoms with van der Waals surface area (Å²) in [5, 5.41) is 0.521. The monoisotopic (exact) mass is 236 g/mol. The van der Waals surface area contributed by atoms with Gasteiger partial charge in [-0.25, -0.2) is 0 Å². The minimum atomic E-state index is -0.0813. The van der Waals surface area contributed by atoms with Crippen LogP contribution >= 0.6 is 11.6 Å². The smallest absolute Gasteiger partial charge is 0.264 e. The molecule has 1 aliphatic heterocycles. The average Bonchev–Trinajstić information content (AvgIpc) is 2.31. The molecule has 16 heavy (non-hydrogen) atoms. The van der Waals surface area contributed by atoms with Crippen molar-refractivity contribution in [2.45, 2.75) is 12.8 Å². The number of ether oxygens (including phenoxy) is 1. The number of halogens is 1. The third-order valence-corrected chi connectivity index (χ3v) is 2.88. The molecule has 0 N–H and O–H groups in total. The van der Waals surface area contributed by atoms with E-state index < -0.39 is 0 Å². The Balaban J connectivity index is 2.40. The van der Waals surface area contributed by atoms with Crippen molar-refractivity contribution in [2.75, 3.05) is 6.61 Å². The number of nitrogens with zero attached hydrogens (tertiary/aromatic N) is 2. The van der Waals surface area contributed by atoms with Crippen molar-refractivity contribution >= 4 is 17.2 Å². The Bertz CT molecular complexity index is 621. The molecule has 0 fully saturated rings. The van der Waals surface area contributed by atoms with Gasteiger partial charge in [0.2, 0.25) is 5.88 Å². The van der Waals surface area contributed by atoms with Gasteiger partial charge in [-0.1, -0.05) is 11.6 Å². The molecule has 82 valence electrons. The second-order valence-corrected chi connectivity index (χ2v) is 4.16. The van der Waals surface area contributed by atoms with Crippen LogP contribution in [0.15, 0.2) is 23.1 Å². The van der Waals surface area contributed by atoms with Crippen LogP contribution in [0.5, 0.6) is 5.88 Å². The van der Waals surface area contributed by atoms with E-state index in [1.165, 1.54) is 4.40 Å². The van der Waals surface area contributed by atoms with Crippen LogP contribution in [0.1, 0.15) is 12.0 Å². The highest BCUT2D eigenvalue weighted by Gasteiger charge is 2.17. The summed E-state index contributed by atoms with van der Waals surface area (Å²) in [5.74, 6) is 0.471. The van der Waals surface area contributed by atoms with Gasteiger partial charge < -0.3 is 4.74 Å². The first kappa shape index (κ1) is 9.66. The highest BCUT2D eigenvalue weighted by Crippen LogP contribution is 2.20. The fourth-order valence-corrected chi connectivity index (χ4v) is 2.04. The van der Waals surface area contributed by atoms with Gasteiger partial charge in [-0.2, -0.15) is 4.98 Å². The van der Waals surface area contributed by atoms with Crippen molar-refractivity contribution in [1.29, 1.82) is 0 Å². The maximum absolute atomic E-state index is 12.1. The Morgan fingerprint density at radius 1 is 1.44 bits per heavy atom. The molecular formula is C11H9ClN2O2. The SMILES string of the molecule is O=c1c2c(nc3ccc(Cl)cn13)OCCC2. The minimum Gasteiger partial charge on any atom is -0.477 e. The lowest BCUT2D eigenvalue weighted by molar-refractivity contribution is 0.275. The first-order valence-electron chi connectivity index (χ1n) is 5.09. The highest BCUT2D eigenvalue weighted by atomic mass is 35.5. The van der Waals surface area contributed by atoms with Crippen LogP contribution in [0, 0.1) is 0 Å². The molecule has 5 heteroatoms. The van der Waals surface area contributed by atoms with Gasteiger partial charge in [-0.3, -0.25) is 9.20 Å². The molecule has 1 aliphatic rings. The lowest BCUT2D eigenvalue weighted by Gasteiger charge is -2.15. The molecule has 0 unspecified atom stereocenters. The minimum absolute atomic E-state index is 0.0813. The maximum Gasteiger partial charge on any atom is 0.264 e. The van der Waals surface area contributed by atoms with Crippen molar-refractivity contribution in [2.24, 2.45) is 0 Å². The quantitative estimate of drug-likeness (QED) is 0.699. The second kappa shape index (κ2) is 3.49. The lowest BCUT2D eigenvalue weighted by Crippen LogP contribution is -2.24. The first-order chi connectivity index (χ1) is 7.75. The normalized spacial score (nSPS) is 14.6. The van der Waals surface area contributed by atoms with Crippen LogP contribution in [-0.2, 0) is 6.42 Å². The fraction of sp³-hybridized carbons (Fsp3) is 0.273. The summed E-state index contributed by atoms with van der Waals surface area (Å²) in [4.78, 5) is 16.4. The molecule has 0 bridgehead atoms. The maximum atomic E-state index is 12.1. The molecule has 3 heterocycles. The van der Waals surface area contributed by atoms with Gasteiger partial charge in [0.1, 0.15) is 5.65 Å². The van der Waals surface area contributed by atoms with Gasteiger partial charge in [0.05, 0.1) is 17.2 Å². The van der Waals surface area contributed by atoms with Crippen LogP contribution in [0.25, 0.3) is 5.65 Å². The van der Waals surface area contributed by atoms with E-state index in [2.05, 4.69) is 4.98 Å². The zero-order valence-corrected chi connectivity index (χ0v) is 9.20. The predicted molar refractivity (Wildman–Crippen MR) is 60.3 cm³/mol. The van der Waals surface area contributed by atoms with Crippen LogP contribution < -0.4 is 10.3 Å². The molecule has 0 amide bonds. The summed E-state index contributed by atoms with van der Waals surface area (Å²) < 4.78 is 6.85. The zero-order chi connectivity index (χ0) is 11.1. The average molecular weight is 237 g/mol. The Hall–Kier alpha value is -1.55. The van der Waals surface area contributed by atoms with E-state index in [1.54, 1.807) is 18.3 Å². The molecular weight excluding hydrogens is 228 g/mol. The molecule has 2 aromatic rings. The summed E-state index contributed by atoms with van der Waals surface area (Å²) in [6, 6.07) is 3.42. The zero-order valence-electron chi connectivity index (χ0n) is 8.44. The van der Waals surface area contributed by atoms with E-state index >= 15 is 0 Å². The summed E-state index contributed by atoms with van der Waals surface area (Å²) in [7, 11) is 0. The third-order valence-electron chi connectivity index (χ3n) is 2.65. The van der Waals surface area contributed by atoms with Crippen molar-refractivity contribution < 1.29 is 4.74 Å². The lowest BCUT2D eigenvalue weighted by atomic mass is 10.1. The number of pyridine rings is 1. The Morgan fingerprint density at radius 3 is 3.19 bits per heavy atom. The van der Waals surface area contributed by atoms with Crippen LogP contribution in [0.2, 0.25) is 5.02 Å². The summed E-state index contributed by atoms with van der Waals surface area (Å²) in [6.45, 7) is 0.628. The van der Waals surface area contributed by atoms with Gasteiger partial charge in [0.25, 0.3) is 5.56 Å². The molecule has 0 saturated heterocycles. The molecule has 0 radical (unpaired) electrons. The van der Waals surface area contributed by atoms with Crippen molar-refractivity contribution in [3.63, 3.8) is 0 Å². The predicted octanol–water partition coefficient (Wildman–Crippen LogP) is 1.67. The van der Waals surface area contributed by atoms with Gasteiger partial charge in [-0.15, -0.1) is 0 Å². The van der Waals surface area contributed by atoms with Gasteiger partial charge in [-0.05, 0) is 25.0 Å². The Morgan fingerprint density at radius 2 is 2.31 bits per heavy atom. The standard InChI is InChI=1S/C11H9ClN2O2/c12-7-3-4-9-13-10-8(2-1-5-16-10)11(15)14(9)6-7/h3-4,6H,1-2,5H2. The van der Waals surface area contributed by atoms with E-state index in [4.69, 9.17) is 16.3 Å². The molecule has 0 spiro atoms. The van der Waals surface area contributed by atoms with Crippen LogP contribution in [-0.4, -0.2) is 16.0 Å². The van der Waals surface area contributed by atoms with Gasteiger partial charge in [0, 0.05) is 6.20 Å². The van der Waals surface area contributed by atoms with Crippen molar-refractivity contribution in [1.82, 2.24) is 9.38 Å². The van der Waals surface area contributed by atoms with E-state index in [0.29, 0.717) is 28.7 Å². The molecule has 3 rings (SSSR count). The van der Waals surface area contributed by atoms with Crippen LogP contribution in [0.3, 0.4) is 0 Å². The first-order valence-corrected chi connectivity index (χ1v) is 5.47. The van der Waals surface area contributed by atoms with Gasteiger partial charge >= 0.3 is 0 Å². The number of hydrogen-bond donors (Lipinski definition) is 0. The molecule has 0 saturated carbocycles. The molecule has 0 atom stereocenters. The second-order valence-electron chi connectivity index (χ2n) is 3.73. The fourth-order valence-electron chi connectivity index (χ4n) is 1.88. The number of rotatable bonds is 0. The van der Waals surface area contributed by atoms with E-state index in [1.807, 2.05) is 0 Å². The van der Waals surface area contributed by atoms with E-state index in [-0.39, 0.29) is 5.56 Å². The third kappa shape index (κ3) is 1.38. The Labute approximate surface area is 96.4 Å². The number of aromatic nitrogens is 2. The number of hydrogen-bond acceptors (Lipinski definition) is 3. The molecule has 0 aliphatic carbocycles. The number of fused-ring (bicyclic) bond motifs is 2. The van der Waals surface area contributed by atoms with Crippen LogP contribution in [0.4, 0.5) is 0 Å². The molecule has 4 nitrogen and oxygen atoms in total. The summed E-state index contributed by atoms with van der Waals surface area (Å²) >= 11 is 5.86. The van der Waals surface area contributed by atoms with Crippen molar-refractivity contribution in [3.8, 4) is 5.88 Å². The summed E-state index contributed by atoms with van der Waals surface area (Å²) in [6.07, 6.45) is 3.16. The van der Waals surface area contributed by atoms with E-state index in [9.17, 15) is 4.79 Å². The Kier molecular flexibility index (Phi) is 2.11. The molecule has 2 aromatic heterocycles. The topological polar surface area (TPSA) is 43.6 Å².